The summed E-state index contributed by atoms with van der Waals surface area (Å²) in [5.74, 6) is 0. The van der Waals surface area contributed by atoms with Gasteiger partial charge in [0.05, 0.1) is 24.9 Å². The van der Waals surface area contributed by atoms with Gasteiger partial charge in [0.1, 0.15) is 0 Å². The minimum atomic E-state index is -0.868. The molecule has 5 nitrogen and oxygen atoms in total. The lowest BCUT2D eigenvalue weighted by atomic mass is 10.1. The van der Waals surface area contributed by atoms with Crippen molar-refractivity contribution >= 4 is 0 Å². The smallest absolute Gasteiger partial charge is 0.0989 e. The summed E-state index contributed by atoms with van der Waals surface area (Å²) in [6.07, 6.45) is 0.578. The molecule has 0 aliphatic carbocycles. The highest BCUT2D eigenvalue weighted by Crippen LogP contribution is 2.13. The Morgan fingerprint density at radius 1 is 1.20 bits per heavy atom. The SMILES string of the molecule is CCCCNC[C@@H]1N[C@@H](CO)[C@@H](O)[C@@H]1O. The van der Waals surface area contributed by atoms with Crippen LogP contribution in [-0.4, -0.2) is 59.3 Å². The van der Waals surface area contributed by atoms with Gasteiger partial charge in [-0.15, -0.1) is 0 Å². The van der Waals surface area contributed by atoms with Crippen molar-refractivity contribution in [1.82, 2.24) is 10.6 Å². The number of aliphatic hydroxyl groups excluding tert-OH is 3. The maximum atomic E-state index is 9.65. The van der Waals surface area contributed by atoms with Crippen LogP contribution < -0.4 is 10.6 Å². The molecule has 0 saturated carbocycles. The van der Waals surface area contributed by atoms with Gasteiger partial charge in [-0.05, 0) is 13.0 Å². The van der Waals surface area contributed by atoms with E-state index in [-0.39, 0.29) is 12.6 Å². The highest BCUT2D eigenvalue weighted by molar-refractivity contribution is 4.98. The molecule has 90 valence electrons. The predicted molar refractivity (Wildman–Crippen MR) is 57.6 cm³/mol. The van der Waals surface area contributed by atoms with Crippen LogP contribution in [0.5, 0.6) is 0 Å². The highest BCUT2D eigenvalue weighted by atomic mass is 16.3. The van der Waals surface area contributed by atoms with Crippen LogP contribution in [0.2, 0.25) is 0 Å². The monoisotopic (exact) mass is 218 g/mol. The maximum Gasteiger partial charge on any atom is 0.0989 e. The summed E-state index contributed by atoms with van der Waals surface area (Å²) in [6, 6.07) is -0.577. The second-order valence-corrected chi connectivity index (χ2v) is 4.10. The first-order valence-electron chi connectivity index (χ1n) is 5.64. The lowest BCUT2D eigenvalue weighted by Gasteiger charge is -2.16. The average molecular weight is 218 g/mol. The standard InChI is InChI=1S/C10H22N2O3/c1-2-3-4-11-5-7-9(14)10(15)8(6-13)12-7/h7-15H,2-6H2,1H3/t7-,8-,9+,10+/m0/s1. The summed E-state index contributed by atoms with van der Waals surface area (Å²) in [4.78, 5) is 0. The van der Waals surface area contributed by atoms with Gasteiger partial charge in [-0.25, -0.2) is 0 Å². The Morgan fingerprint density at radius 3 is 2.40 bits per heavy atom. The summed E-state index contributed by atoms with van der Waals surface area (Å²) in [5.41, 5.74) is 0. The second kappa shape index (κ2) is 6.40. The summed E-state index contributed by atoms with van der Waals surface area (Å²) in [6.45, 7) is 3.51. The third kappa shape index (κ3) is 3.39. The van der Waals surface area contributed by atoms with Crippen LogP contribution in [0.3, 0.4) is 0 Å². The Kier molecular flexibility index (Phi) is 5.49. The molecular weight excluding hydrogens is 196 g/mol. The van der Waals surface area contributed by atoms with Crippen molar-refractivity contribution in [2.24, 2.45) is 0 Å². The first kappa shape index (κ1) is 12.9. The largest absolute Gasteiger partial charge is 0.395 e. The fraction of sp³-hybridized carbons (Fsp3) is 1.00. The molecule has 0 aromatic heterocycles. The second-order valence-electron chi connectivity index (χ2n) is 4.10. The summed E-state index contributed by atoms with van der Waals surface area (Å²) < 4.78 is 0. The minimum Gasteiger partial charge on any atom is -0.395 e. The Balaban J connectivity index is 2.25. The van der Waals surface area contributed by atoms with Crippen LogP contribution >= 0.6 is 0 Å². The maximum absolute atomic E-state index is 9.65. The molecule has 0 radical (unpaired) electrons. The quantitative estimate of drug-likeness (QED) is 0.348. The van der Waals surface area contributed by atoms with Crippen LogP contribution in [-0.2, 0) is 0 Å². The van der Waals surface area contributed by atoms with E-state index in [2.05, 4.69) is 17.6 Å². The normalized spacial score (nSPS) is 36.0. The number of unbranched alkanes of at least 4 members (excludes halogenated alkanes) is 1. The zero-order valence-electron chi connectivity index (χ0n) is 9.19. The Hall–Kier alpha value is -0.200. The summed E-state index contributed by atoms with van der Waals surface area (Å²) >= 11 is 0. The van der Waals surface area contributed by atoms with Gasteiger partial charge in [-0.3, -0.25) is 0 Å². The van der Waals surface area contributed by atoms with Gasteiger partial charge in [0.2, 0.25) is 0 Å². The van der Waals surface area contributed by atoms with Crippen molar-refractivity contribution in [3.8, 4) is 0 Å². The number of rotatable bonds is 6. The third-order valence-corrected chi connectivity index (χ3v) is 2.87. The molecule has 0 unspecified atom stereocenters. The minimum absolute atomic E-state index is 0.149. The van der Waals surface area contributed by atoms with E-state index < -0.39 is 18.2 Å². The van der Waals surface area contributed by atoms with Crippen LogP contribution in [0, 0.1) is 0 Å². The van der Waals surface area contributed by atoms with Crippen molar-refractivity contribution in [3.05, 3.63) is 0 Å². The Bertz CT molecular complexity index is 180. The molecule has 4 atom stereocenters. The summed E-state index contributed by atoms with van der Waals surface area (Å²) in [7, 11) is 0. The topological polar surface area (TPSA) is 84.8 Å². The molecule has 1 rings (SSSR count). The molecule has 5 N–H and O–H groups in total. The molecule has 0 bridgehead atoms. The van der Waals surface area contributed by atoms with Gasteiger partial charge < -0.3 is 26.0 Å². The molecule has 1 aliphatic rings. The fourth-order valence-corrected chi connectivity index (χ4v) is 1.85. The van der Waals surface area contributed by atoms with E-state index in [1.807, 2.05) is 0 Å². The third-order valence-electron chi connectivity index (χ3n) is 2.87. The van der Waals surface area contributed by atoms with Gasteiger partial charge in [0.25, 0.3) is 0 Å². The molecule has 1 saturated heterocycles. The first-order chi connectivity index (χ1) is 7.20. The molecule has 15 heavy (non-hydrogen) atoms. The zero-order valence-corrected chi connectivity index (χ0v) is 9.19. The van der Waals surface area contributed by atoms with Crippen molar-refractivity contribution in [2.75, 3.05) is 19.7 Å². The van der Waals surface area contributed by atoms with Gasteiger partial charge in [0, 0.05) is 12.6 Å². The van der Waals surface area contributed by atoms with Crippen LogP contribution in [0.1, 0.15) is 19.8 Å². The summed E-state index contributed by atoms with van der Waals surface area (Å²) in [5, 5.41) is 34.3. The lowest BCUT2D eigenvalue weighted by Crippen LogP contribution is -2.42. The fourth-order valence-electron chi connectivity index (χ4n) is 1.85. The van der Waals surface area contributed by atoms with E-state index in [1.165, 1.54) is 0 Å². The number of hydrogen-bond donors (Lipinski definition) is 5. The van der Waals surface area contributed by atoms with E-state index >= 15 is 0 Å². The van der Waals surface area contributed by atoms with Gasteiger partial charge in [-0.1, -0.05) is 13.3 Å². The van der Waals surface area contributed by atoms with Crippen LogP contribution in [0.15, 0.2) is 0 Å². The zero-order chi connectivity index (χ0) is 11.3. The van der Waals surface area contributed by atoms with Crippen molar-refractivity contribution in [2.45, 2.75) is 44.1 Å². The molecule has 1 fully saturated rings. The van der Waals surface area contributed by atoms with E-state index in [4.69, 9.17) is 5.11 Å². The molecule has 0 spiro atoms. The molecule has 5 heteroatoms. The van der Waals surface area contributed by atoms with E-state index in [0.29, 0.717) is 6.54 Å². The van der Waals surface area contributed by atoms with Crippen molar-refractivity contribution < 1.29 is 15.3 Å². The number of aliphatic hydroxyl groups is 3. The predicted octanol–water partition coefficient (Wildman–Crippen LogP) is -1.57. The van der Waals surface area contributed by atoms with E-state index in [9.17, 15) is 10.2 Å². The Morgan fingerprint density at radius 2 is 1.87 bits per heavy atom. The van der Waals surface area contributed by atoms with Crippen LogP contribution in [0.4, 0.5) is 0 Å². The van der Waals surface area contributed by atoms with Crippen molar-refractivity contribution in [1.29, 1.82) is 0 Å². The molecular formula is C10H22N2O3. The Labute approximate surface area is 90.5 Å². The molecule has 1 aliphatic heterocycles. The first-order valence-corrected chi connectivity index (χ1v) is 5.64. The molecule has 0 amide bonds. The van der Waals surface area contributed by atoms with Crippen molar-refractivity contribution in [3.63, 3.8) is 0 Å². The van der Waals surface area contributed by atoms with Gasteiger partial charge >= 0.3 is 0 Å². The molecule has 1 heterocycles. The molecule has 0 aromatic rings. The highest BCUT2D eigenvalue weighted by Gasteiger charge is 2.39. The van der Waals surface area contributed by atoms with E-state index in [0.717, 1.165) is 19.4 Å². The molecule has 0 aromatic carbocycles. The van der Waals surface area contributed by atoms with Gasteiger partial charge in [0.15, 0.2) is 0 Å². The average Bonchev–Trinajstić information content (AvgIpc) is 2.52. The number of hydrogen-bond acceptors (Lipinski definition) is 5. The number of nitrogens with one attached hydrogen (secondary N) is 2. The van der Waals surface area contributed by atoms with E-state index in [1.54, 1.807) is 0 Å². The van der Waals surface area contributed by atoms with Crippen LogP contribution in [0.25, 0.3) is 0 Å². The lowest BCUT2D eigenvalue weighted by molar-refractivity contribution is 0.0197. The van der Waals surface area contributed by atoms with Gasteiger partial charge in [-0.2, -0.15) is 0 Å².